The summed E-state index contributed by atoms with van der Waals surface area (Å²) >= 11 is 0. The molecule has 17 heavy (non-hydrogen) atoms. The van der Waals surface area contributed by atoms with Gasteiger partial charge in [-0.25, -0.2) is 4.39 Å². The SMILES string of the molecule is Cc1ccc(OC(CCN)C(F)(F)F)cc1F. The Labute approximate surface area is 96.4 Å². The molecule has 0 aliphatic carbocycles. The summed E-state index contributed by atoms with van der Waals surface area (Å²) in [7, 11) is 0. The molecule has 96 valence electrons. The van der Waals surface area contributed by atoms with Crippen molar-refractivity contribution in [3.8, 4) is 5.75 Å². The van der Waals surface area contributed by atoms with Gasteiger partial charge in [0, 0.05) is 12.5 Å². The summed E-state index contributed by atoms with van der Waals surface area (Å²) in [5.41, 5.74) is 5.43. The third-order valence-electron chi connectivity index (χ3n) is 2.22. The number of ether oxygens (including phenoxy) is 1. The molecule has 1 aromatic carbocycles. The summed E-state index contributed by atoms with van der Waals surface area (Å²) in [6, 6.07) is 3.60. The average Bonchev–Trinajstić information content (AvgIpc) is 2.21. The molecule has 1 aromatic rings. The van der Waals surface area contributed by atoms with Gasteiger partial charge < -0.3 is 10.5 Å². The molecule has 2 nitrogen and oxygen atoms in total. The van der Waals surface area contributed by atoms with Crippen molar-refractivity contribution in [3.63, 3.8) is 0 Å². The van der Waals surface area contributed by atoms with E-state index in [1.165, 1.54) is 19.1 Å². The van der Waals surface area contributed by atoms with Crippen molar-refractivity contribution < 1.29 is 22.3 Å². The Morgan fingerprint density at radius 2 is 2.00 bits per heavy atom. The van der Waals surface area contributed by atoms with E-state index in [0.717, 1.165) is 6.07 Å². The minimum atomic E-state index is -4.51. The number of alkyl halides is 3. The molecule has 0 saturated heterocycles. The molecule has 0 saturated carbocycles. The first kappa shape index (κ1) is 13.8. The van der Waals surface area contributed by atoms with E-state index >= 15 is 0 Å². The molecule has 0 spiro atoms. The zero-order valence-electron chi connectivity index (χ0n) is 9.22. The highest BCUT2D eigenvalue weighted by atomic mass is 19.4. The maximum absolute atomic E-state index is 13.1. The fraction of sp³-hybridized carbons (Fsp3) is 0.455. The quantitative estimate of drug-likeness (QED) is 0.835. The minimum absolute atomic E-state index is 0.149. The predicted octanol–water partition coefficient (Wildman–Crippen LogP) is 2.79. The van der Waals surface area contributed by atoms with Crippen molar-refractivity contribution in [1.29, 1.82) is 0 Å². The van der Waals surface area contributed by atoms with Crippen LogP contribution in [0.2, 0.25) is 0 Å². The lowest BCUT2D eigenvalue weighted by Crippen LogP contribution is -2.36. The molecule has 0 aromatic heterocycles. The number of benzene rings is 1. The summed E-state index contributed by atoms with van der Waals surface area (Å²) < 4.78 is 55.3. The molecule has 0 aliphatic rings. The summed E-state index contributed by atoms with van der Waals surface area (Å²) in [5, 5.41) is 0. The number of nitrogens with two attached hydrogens (primary N) is 1. The van der Waals surface area contributed by atoms with Crippen LogP contribution in [-0.2, 0) is 0 Å². The average molecular weight is 251 g/mol. The summed E-state index contributed by atoms with van der Waals surface area (Å²) in [5.74, 6) is -0.750. The Morgan fingerprint density at radius 1 is 1.35 bits per heavy atom. The van der Waals surface area contributed by atoms with Crippen LogP contribution in [0.15, 0.2) is 18.2 Å². The zero-order valence-corrected chi connectivity index (χ0v) is 9.22. The highest BCUT2D eigenvalue weighted by molar-refractivity contribution is 5.28. The number of hydrogen-bond acceptors (Lipinski definition) is 2. The van der Waals surface area contributed by atoms with E-state index in [9.17, 15) is 17.6 Å². The lowest BCUT2D eigenvalue weighted by Gasteiger charge is -2.21. The van der Waals surface area contributed by atoms with Crippen molar-refractivity contribution >= 4 is 0 Å². The third-order valence-corrected chi connectivity index (χ3v) is 2.22. The van der Waals surface area contributed by atoms with Crippen LogP contribution in [0.4, 0.5) is 17.6 Å². The van der Waals surface area contributed by atoms with Crippen molar-refractivity contribution in [2.24, 2.45) is 5.73 Å². The van der Waals surface area contributed by atoms with Crippen LogP contribution in [-0.4, -0.2) is 18.8 Å². The van der Waals surface area contributed by atoms with Crippen molar-refractivity contribution in [2.75, 3.05) is 6.54 Å². The molecule has 1 unspecified atom stereocenters. The molecular formula is C11H13F4NO. The number of rotatable bonds is 4. The van der Waals surface area contributed by atoms with E-state index in [0.29, 0.717) is 5.56 Å². The Balaban J connectivity index is 2.82. The van der Waals surface area contributed by atoms with Gasteiger partial charge in [-0.3, -0.25) is 0 Å². The van der Waals surface area contributed by atoms with Gasteiger partial charge in [0.2, 0.25) is 0 Å². The molecular weight excluding hydrogens is 238 g/mol. The first-order valence-corrected chi connectivity index (χ1v) is 5.04. The van der Waals surface area contributed by atoms with Gasteiger partial charge >= 0.3 is 6.18 Å². The first-order chi connectivity index (χ1) is 7.84. The first-order valence-electron chi connectivity index (χ1n) is 5.04. The van der Waals surface area contributed by atoms with E-state index in [4.69, 9.17) is 10.5 Å². The highest BCUT2D eigenvalue weighted by Crippen LogP contribution is 2.27. The monoisotopic (exact) mass is 251 g/mol. The Kier molecular flexibility index (Phi) is 4.34. The van der Waals surface area contributed by atoms with E-state index in [-0.39, 0.29) is 18.7 Å². The van der Waals surface area contributed by atoms with E-state index in [2.05, 4.69) is 0 Å². The van der Waals surface area contributed by atoms with Gasteiger partial charge in [-0.15, -0.1) is 0 Å². The lowest BCUT2D eigenvalue weighted by molar-refractivity contribution is -0.196. The molecule has 0 aliphatic heterocycles. The fourth-order valence-corrected chi connectivity index (χ4v) is 1.25. The van der Waals surface area contributed by atoms with Crippen LogP contribution in [0.1, 0.15) is 12.0 Å². The van der Waals surface area contributed by atoms with Gasteiger partial charge in [0.1, 0.15) is 11.6 Å². The molecule has 1 rings (SSSR count). The Bertz CT molecular complexity index is 378. The Morgan fingerprint density at radius 3 is 2.47 bits per heavy atom. The number of halogens is 4. The highest BCUT2D eigenvalue weighted by Gasteiger charge is 2.41. The van der Waals surface area contributed by atoms with Crippen LogP contribution < -0.4 is 10.5 Å². The molecule has 0 heterocycles. The van der Waals surface area contributed by atoms with E-state index < -0.39 is 18.1 Å². The van der Waals surface area contributed by atoms with Crippen LogP contribution in [0.25, 0.3) is 0 Å². The molecule has 1 atom stereocenters. The predicted molar refractivity (Wildman–Crippen MR) is 55.3 cm³/mol. The van der Waals surface area contributed by atoms with Crippen molar-refractivity contribution in [3.05, 3.63) is 29.6 Å². The standard InChI is InChI=1S/C11H13F4NO/c1-7-2-3-8(6-9(7)12)17-10(4-5-16)11(13,14)15/h2-3,6,10H,4-5,16H2,1H3. The smallest absolute Gasteiger partial charge is 0.425 e. The molecule has 6 heteroatoms. The third kappa shape index (κ3) is 3.89. The topological polar surface area (TPSA) is 35.2 Å². The summed E-state index contributed by atoms with van der Waals surface area (Å²) in [6.07, 6.45) is -6.88. The minimum Gasteiger partial charge on any atom is -0.481 e. The zero-order chi connectivity index (χ0) is 13.1. The van der Waals surface area contributed by atoms with Crippen LogP contribution >= 0.6 is 0 Å². The summed E-state index contributed by atoms with van der Waals surface area (Å²) in [4.78, 5) is 0. The molecule has 0 bridgehead atoms. The molecule has 0 fully saturated rings. The second kappa shape index (κ2) is 5.35. The largest absolute Gasteiger partial charge is 0.481 e. The van der Waals surface area contributed by atoms with Gasteiger partial charge in [-0.05, 0) is 25.1 Å². The second-order valence-corrected chi connectivity index (χ2v) is 3.64. The lowest BCUT2D eigenvalue weighted by atomic mass is 10.2. The molecule has 0 amide bonds. The van der Waals surface area contributed by atoms with Crippen molar-refractivity contribution in [2.45, 2.75) is 25.6 Å². The Hall–Kier alpha value is -1.30. The fourth-order valence-electron chi connectivity index (χ4n) is 1.25. The van der Waals surface area contributed by atoms with Gasteiger partial charge in [0.05, 0.1) is 0 Å². The maximum Gasteiger partial charge on any atom is 0.425 e. The van der Waals surface area contributed by atoms with Crippen LogP contribution in [0.5, 0.6) is 5.75 Å². The van der Waals surface area contributed by atoms with Gasteiger partial charge in [0.25, 0.3) is 0 Å². The maximum atomic E-state index is 13.1. The molecule has 0 radical (unpaired) electrons. The summed E-state index contributed by atoms with van der Waals surface area (Å²) in [6.45, 7) is 1.36. The second-order valence-electron chi connectivity index (χ2n) is 3.64. The van der Waals surface area contributed by atoms with Crippen LogP contribution in [0, 0.1) is 12.7 Å². The van der Waals surface area contributed by atoms with Gasteiger partial charge in [0.15, 0.2) is 6.10 Å². The molecule has 2 N–H and O–H groups in total. The van der Waals surface area contributed by atoms with E-state index in [1.54, 1.807) is 0 Å². The normalized spacial score (nSPS) is 13.5. The van der Waals surface area contributed by atoms with Gasteiger partial charge in [-0.2, -0.15) is 13.2 Å². The van der Waals surface area contributed by atoms with Crippen molar-refractivity contribution in [1.82, 2.24) is 0 Å². The van der Waals surface area contributed by atoms with Crippen LogP contribution in [0.3, 0.4) is 0 Å². The van der Waals surface area contributed by atoms with E-state index in [1.807, 2.05) is 0 Å². The van der Waals surface area contributed by atoms with Gasteiger partial charge in [-0.1, -0.05) is 6.07 Å². The number of hydrogen-bond donors (Lipinski definition) is 1. The number of aryl methyl sites for hydroxylation is 1.